The Balaban J connectivity index is 2.06. The minimum atomic E-state index is -3.51. The molecule has 2 N–H and O–H groups in total. The Morgan fingerprint density at radius 1 is 1.00 bits per heavy atom. The molecule has 0 atom stereocenters. The molecule has 7 nitrogen and oxygen atoms in total. The van der Waals surface area contributed by atoms with E-state index in [4.69, 9.17) is 5.11 Å². The first-order chi connectivity index (χ1) is 12.8. The number of carboxylic acids is 1. The molecule has 0 saturated carbocycles. The van der Waals surface area contributed by atoms with E-state index in [0.29, 0.717) is 13.1 Å². The Kier molecular flexibility index (Phi) is 6.70. The van der Waals surface area contributed by atoms with Gasteiger partial charge in [0.15, 0.2) is 0 Å². The summed E-state index contributed by atoms with van der Waals surface area (Å²) in [6.07, 6.45) is 0. The molecule has 0 saturated heterocycles. The van der Waals surface area contributed by atoms with Gasteiger partial charge in [0.1, 0.15) is 0 Å². The van der Waals surface area contributed by atoms with Crippen molar-refractivity contribution in [2.75, 3.05) is 13.1 Å². The van der Waals surface area contributed by atoms with Crippen molar-refractivity contribution in [3.8, 4) is 0 Å². The van der Waals surface area contributed by atoms with Gasteiger partial charge in [0.25, 0.3) is 5.91 Å². The molecule has 0 aromatic heterocycles. The van der Waals surface area contributed by atoms with Gasteiger partial charge in [0.2, 0.25) is 10.0 Å². The monoisotopic (exact) mass is 390 g/mol. The van der Waals surface area contributed by atoms with Gasteiger partial charge >= 0.3 is 5.97 Å². The van der Waals surface area contributed by atoms with Crippen LogP contribution in [0.25, 0.3) is 0 Å². The van der Waals surface area contributed by atoms with Gasteiger partial charge in [0, 0.05) is 25.2 Å². The number of carboxylic acid groups (broad SMARTS) is 1. The second kappa shape index (κ2) is 8.79. The zero-order chi connectivity index (χ0) is 20.0. The van der Waals surface area contributed by atoms with Crippen molar-refractivity contribution < 1.29 is 23.1 Å². The van der Waals surface area contributed by atoms with Crippen LogP contribution in [0, 0.1) is 0 Å². The van der Waals surface area contributed by atoms with Gasteiger partial charge in [-0.3, -0.25) is 4.79 Å². The first-order valence-electron chi connectivity index (χ1n) is 8.50. The summed E-state index contributed by atoms with van der Waals surface area (Å²) in [5, 5.41) is 11.7. The third-order valence-corrected chi connectivity index (χ3v) is 6.16. The second-order valence-corrected chi connectivity index (χ2v) is 7.74. The zero-order valence-corrected chi connectivity index (χ0v) is 16.0. The number of hydrogen-bond acceptors (Lipinski definition) is 4. The summed E-state index contributed by atoms with van der Waals surface area (Å²) in [6.45, 7) is 4.55. The first kappa shape index (κ1) is 20.6. The normalized spacial score (nSPS) is 11.4. The average Bonchev–Trinajstić information content (AvgIpc) is 2.67. The molecule has 1 amide bonds. The smallest absolute Gasteiger partial charge is 0.335 e. The third-order valence-electron chi connectivity index (χ3n) is 4.09. The van der Waals surface area contributed by atoms with E-state index in [2.05, 4.69) is 5.32 Å². The van der Waals surface area contributed by atoms with E-state index in [1.54, 1.807) is 26.0 Å². The van der Waals surface area contributed by atoms with Gasteiger partial charge in [-0.15, -0.1) is 0 Å². The fourth-order valence-corrected chi connectivity index (χ4v) is 4.03. The van der Waals surface area contributed by atoms with Crippen LogP contribution in [0.5, 0.6) is 0 Å². The van der Waals surface area contributed by atoms with Crippen molar-refractivity contribution in [3.05, 3.63) is 65.2 Å². The van der Waals surface area contributed by atoms with E-state index >= 15 is 0 Å². The lowest BCUT2D eigenvalue weighted by atomic mass is 10.1. The van der Waals surface area contributed by atoms with Crippen molar-refractivity contribution in [3.63, 3.8) is 0 Å². The molecule has 0 radical (unpaired) electrons. The number of sulfonamides is 1. The van der Waals surface area contributed by atoms with Crippen LogP contribution in [-0.4, -0.2) is 42.8 Å². The maximum absolute atomic E-state index is 12.5. The van der Waals surface area contributed by atoms with Crippen LogP contribution in [0.15, 0.2) is 53.4 Å². The molecule has 2 aromatic rings. The summed E-state index contributed by atoms with van der Waals surface area (Å²) in [5.41, 5.74) is 1.01. The van der Waals surface area contributed by atoms with Crippen LogP contribution in [0.2, 0.25) is 0 Å². The number of nitrogens with zero attached hydrogens (tertiary/aromatic N) is 1. The summed E-state index contributed by atoms with van der Waals surface area (Å²) in [4.78, 5) is 23.4. The molecule has 0 heterocycles. The molecule has 8 heteroatoms. The molecule has 2 rings (SSSR count). The first-order valence-corrected chi connectivity index (χ1v) is 9.94. The summed E-state index contributed by atoms with van der Waals surface area (Å²) in [6, 6.07) is 12.1. The van der Waals surface area contributed by atoms with Gasteiger partial charge in [-0.1, -0.05) is 32.0 Å². The van der Waals surface area contributed by atoms with Crippen LogP contribution >= 0.6 is 0 Å². The highest BCUT2D eigenvalue weighted by Gasteiger charge is 2.21. The SMILES string of the molecule is CCN(CC)S(=O)(=O)c1ccc(CNC(=O)c2cccc(C(=O)O)c2)cc1. The Bertz CT molecular complexity index is 919. The summed E-state index contributed by atoms with van der Waals surface area (Å²) >= 11 is 0. The van der Waals surface area contributed by atoms with Crippen LogP contribution in [0.4, 0.5) is 0 Å². The lowest BCUT2D eigenvalue weighted by molar-refractivity contribution is 0.0697. The average molecular weight is 390 g/mol. The van der Waals surface area contributed by atoms with Gasteiger partial charge in [-0.25, -0.2) is 13.2 Å². The summed E-state index contributed by atoms with van der Waals surface area (Å²) < 4.78 is 26.3. The van der Waals surface area contributed by atoms with E-state index in [1.165, 1.54) is 40.7 Å². The highest BCUT2D eigenvalue weighted by atomic mass is 32.2. The van der Waals surface area contributed by atoms with Crippen molar-refractivity contribution in [1.29, 1.82) is 0 Å². The highest BCUT2D eigenvalue weighted by Crippen LogP contribution is 2.16. The fourth-order valence-electron chi connectivity index (χ4n) is 2.57. The molecule has 0 aliphatic rings. The van der Waals surface area contributed by atoms with Crippen LogP contribution in [0.1, 0.15) is 40.1 Å². The lowest BCUT2D eigenvalue weighted by Gasteiger charge is -2.18. The molecule has 144 valence electrons. The second-order valence-electron chi connectivity index (χ2n) is 5.80. The number of nitrogens with one attached hydrogen (secondary N) is 1. The molecule has 0 aliphatic carbocycles. The Labute approximate surface area is 158 Å². The van der Waals surface area contributed by atoms with Gasteiger partial charge in [0.05, 0.1) is 10.5 Å². The van der Waals surface area contributed by atoms with Gasteiger partial charge < -0.3 is 10.4 Å². The topological polar surface area (TPSA) is 104 Å². The number of rotatable bonds is 8. The number of benzene rings is 2. The predicted octanol–water partition coefficient (Wildman–Crippen LogP) is 2.35. The number of carbonyl (C=O) groups excluding carboxylic acids is 1. The molecular weight excluding hydrogens is 368 g/mol. The molecule has 0 unspecified atom stereocenters. The number of aromatic carboxylic acids is 1. The molecule has 2 aromatic carbocycles. The molecule has 27 heavy (non-hydrogen) atoms. The van der Waals surface area contributed by atoms with E-state index < -0.39 is 21.9 Å². The largest absolute Gasteiger partial charge is 0.478 e. The molecule has 0 aliphatic heterocycles. The number of carbonyl (C=O) groups is 2. The lowest BCUT2D eigenvalue weighted by Crippen LogP contribution is -2.30. The Hall–Kier alpha value is -2.71. The Morgan fingerprint density at radius 2 is 1.59 bits per heavy atom. The van der Waals surface area contributed by atoms with Crippen molar-refractivity contribution in [1.82, 2.24) is 9.62 Å². The van der Waals surface area contributed by atoms with Crippen LogP contribution in [0.3, 0.4) is 0 Å². The molecule has 0 fully saturated rings. The van der Waals surface area contributed by atoms with Crippen LogP contribution in [-0.2, 0) is 16.6 Å². The van der Waals surface area contributed by atoms with E-state index in [0.717, 1.165) is 5.56 Å². The highest BCUT2D eigenvalue weighted by molar-refractivity contribution is 7.89. The van der Waals surface area contributed by atoms with Gasteiger partial charge in [-0.05, 0) is 35.9 Å². The number of hydrogen-bond donors (Lipinski definition) is 2. The standard InChI is InChI=1S/C19H22N2O5S/c1-3-21(4-2)27(25,26)17-10-8-14(9-11-17)13-20-18(22)15-6-5-7-16(12-15)19(23)24/h5-12H,3-4,13H2,1-2H3,(H,20,22)(H,23,24). The number of amides is 1. The molecule has 0 bridgehead atoms. The van der Waals surface area contributed by atoms with Crippen molar-refractivity contribution in [2.45, 2.75) is 25.3 Å². The predicted molar refractivity (Wildman–Crippen MR) is 101 cm³/mol. The third kappa shape index (κ3) is 4.93. The summed E-state index contributed by atoms with van der Waals surface area (Å²) in [5.74, 6) is -1.51. The zero-order valence-electron chi connectivity index (χ0n) is 15.2. The quantitative estimate of drug-likeness (QED) is 0.720. The van der Waals surface area contributed by atoms with Crippen molar-refractivity contribution >= 4 is 21.9 Å². The maximum atomic E-state index is 12.5. The van der Waals surface area contributed by atoms with E-state index in [-0.39, 0.29) is 22.6 Å². The molecular formula is C19H22N2O5S. The molecule has 0 spiro atoms. The Morgan fingerprint density at radius 3 is 2.15 bits per heavy atom. The van der Waals surface area contributed by atoms with Crippen molar-refractivity contribution in [2.24, 2.45) is 0 Å². The van der Waals surface area contributed by atoms with E-state index in [9.17, 15) is 18.0 Å². The summed E-state index contributed by atoms with van der Waals surface area (Å²) in [7, 11) is -3.51. The van der Waals surface area contributed by atoms with Gasteiger partial charge in [-0.2, -0.15) is 4.31 Å². The minimum absolute atomic E-state index is 0.0358. The minimum Gasteiger partial charge on any atom is -0.478 e. The van der Waals surface area contributed by atoms with Crippen LogP contribution < -0.4 is 5.32 Å². The van der Waals surface area contributed by atoms with E-state index in [1.807, 2.05) is 0 Å². The fraction of sp³-hybridized carbons (Fsp3) is 0.263. The maximum Gasteiger partial charge on any atom is 0.335 e.